The molecule has 0 unspecified atom stereocenters. The Balaban J connectivity index is 1.53. The molecule has 1 amide bonds. The second-order valence-corrected chi connectivity index (χ2v) is 7.65. The Hall–Kier alpha value is -3.96. The van der Waals surface area contributed by atoms with Gasteiger partial charge in [-0.15, -0.1) is 5.10 Å². The number of hydrogen-bond acceptors (Lipinski definition) is 5. The predicted octanol–water partition coefficient (Wildman–Crippen LogP) is 3.29. The molecule has 0 bridgehead atoms. The maximum Gasteiger partial charge on any atom is 0.416 e. The smallest absolute Gasteiger partial charge is 0.350 e. The lowest BCUT2D eigenvalue weighted by Crippen LogP contribution is -2.33. The Kier molecular flexibility index (Phi) is 5.75. The number of alkyl halides is 3. The van der Waals surface area contributed by atoms with E-state index in [0.29, 0.717) is 5.56 Å². The van der Waals surface area contributed by atoms with Crippen LogP contribution in [0.5, 0.6) is 0 Å². The number of non-ortho nitro benzene ring substituents is 1. The van der Waals surface area contributed by atoms with Crippen LogP contribution in [0.2, 0.25) is 0 Å². The Morgan fingerprint density at radius 2 is 1.91 bits per heavy atom. The van der Waals surface area contributed by atoms with Crippen LogP contribution in [0.1, 0.15) is 30.0 Å². The number of rotatable bonds is 7. The second kappa shape index (κ2) is 8.52. The lowest BCUT2D eigenvalue weighted by Gasteiger charge is -2.09. The summed E-state index contributed by atoms with van der Waals surface area (Å²) in [6, 6.07) is 10.2. The summed E-state index contributed by atoms with van der Waals surface area (Å²) in [5.74, 6) is -0.391. The topological polar surface area (TPSA) is 112 Å². The minimum absolute atomic E-state index is 0.103. The number of hydrogen-bond donors (Lipinski definition) is 1. The highest BCUT2D eigenvalue weighted by atomic mass is 19.4. The molecule has 1 saturated carbocycles. The van der Waals surface area contributed by atoms with Crippen LogP contribution in [0, 0.1) is 10.1 Å². The van der Waals surface area contributed by atoms with E-state index in [-0.39, 0.29) is 29.7 Å². The van der Waals surface area contributed by atoms with Gasteiger partial charge in [0.15, 0.2) is 5.82 Å². The van der Waals surface area contributed by atoms with Gasteiger partial charge in [-0.1, -0.05) is 24.3 Å². The van der Waals surface area contributed by atoms with Gasteiger partial charge in [0, 0.05) is 30.3 Å². The van der Waals surface area contributed by atoms with Crippen molar-refractivity contribution in [1.29, 1.82) is 0 Å². The summed E-state index contributed by atoms with van der Waals surface area (Å²) in [5, 5.41) is 17.8. The van der Waals surface area contributed by atoms with Gasteiger partial charge in [-0.3, -0.25) is 19.5 Å². The monoisotopic (exact) mass is 461 g/mol. The highest BCUT2D eigenvalue weighted by Crippen LogP contribution is 2.37. The Bertz CT molecular complexity index is 1280. The quantitative estimate of drug-likeness (QED) is 0.429. The number of amides is 1. The van der Waals surface area contributed by atoms with Crippen LogP contribution in [-0.4, -0.2) is 25.2 Å². The van der Waals surface area contributed by atoms with Gasteiger partial charge >= 0.3 is 11.9 Å². The van der Waals surface area contributed by atoms with E-state index in [2.05, 4.69) is 10.4 Å². The minimum Gasteiger partial charge on any atom is -0.350 e. The summed E-state index contributed by atoms with van der Waals surface area (Å²) >= 11 is 0. The number of aromatic nitrogens is 3. The van der Waals surface area contributed by atoms with E-state index in [4.69, 9.17) is 0 Å². The Morgan fingerprint density at radius 1 is 1.18 bits per heavy atom. The maximum absolute atomic E-state index is 12.9. The number of carbonyl (C=O) groups excluding carboxylic acids is 1. The summed E-state index contributed by atoms with van der Waals surface area (Å²) in [6.07, 6.45) is -3.00. The molecule has 1 N–H and O–H groups in total. The molecule has 1 fully saturated rings. The molecule has 0 radical (unpaired) electrons. The van der Waals surface area contributed by atoms with Crippen LogP contribution in [0.4, 0.5) is 18.9 Å². The third-order valence-electron chi connectivity index (χ3n) is 5.14. The third kappa shape index (κ3) is 4.94. The van der Waals surface area contributed by atoms with Crippen LogP contribution >= 0.6 is 0 Å². The van der Waals surface area contributed by atoms with Crippen LogP contribution < -0.4 is 11.0 Å². The molecule has 0 aliphatic heterocycles. The van der Waals surface area contributed by atoms with Gasteiger partial charge in [0.1, 0.15) is 6.54 Å². The van der Waals surface area contributed by atoms with E-state index in [1.54, 1.807) is 6.07 Å². The van der Waals surface area contributed by atoms with Gasteiger partial charge in [-0.25, -0.2) is 9.48 Å². The molecule has 1 aliphatic carbocycles. The number of nitrogens with one attached hydrogen (secondary N) is 1. The van der Waals surface area contributed by atoms with Gasteiger partial charge in [0.25, 0.3) is 5.69 Å². The van der Waals surface area contributed by atoms with Crippen molar-refractivity contribution in [3.63, 3.8) is 0 Å². The molecule has 1 heterocycles. The van der Waals surface area contributed by atoms with Gasteiger partial charge in [0.05, 0.1) is 10.5 Å². The zero-order valence-corrected chi connectivity index (χ0v) is 17.1. The minimum atomic E-state index is -4.49. The van der Waals surface area contributed by atoms with Crippen molar-refractivity contribution in [2.45, 2.75) is 38.1 Å². The van der Waals surface area contributed by atoms with Gasteiger partial charge < -0.3 is 5.32 Å². The van der Waals surface area contributed by atoms with Gasteiger partial charge in [-0.05, 0) is 30.5 Å². The fraction of sp³-hybridized carbons (Fsp3) is 0.286. The summed E-state index contributed by atoms with van der Waals surface area (Å²) in [6.45, 7) is -0.599. The van der Waals surface area contributed by atoms with Crippen LogP contribution in [0.3, 0.4) is 0 Å². The maximum atomic E-state index is 12.9. The van der Waals surface area contributed by atoms with Crippen molar-refractivity contribution in [2.75, 3.05) is 0 Å². The zero-order chi connectivity index (χ0) is 23.8. The predicted molar refractivity (Wildman–Crippen MR) is 110 cm³/mol. The lowest BCUT2D eigenvalue weighted by atomic mass is 10.1. The van der Waals surface area contributed by atoms with Gasteiger partial charge in [-0.2, -0.15) is 13.2 Å². The molecule has 12 heteroatoms. The summed E-state index contributed by atoms with van der Waals surface area (Å²) in [7, 11) is 0. The molecule has 3 aromatic rings. The largest absolute Gasteiger partial charge is 0.416 e. The Morgan fingerprint density at radius 3 is 2.58 bits per heavy atom. The first-order valence-corrected chi connectivity index (χ1v) is 10.0. The van der Waals surface area contributed by atoms with Crippen LogP contribution in [0.25, 0.3) is 11.4 Å². The molecule has 33 heavy (non-hydrogen) atoms. The highest BCUT2D eigenvalue weighted by Gasteiger charge is 2.32. The van der Waals surface area contributed by atoms with E-state index in [9.17, 15) is 32.9 Å². The molecule has 0 spiro atoms. The molecule has 172 valence electrons. The van der Waals surface area contributed by atoms with E-state index in [1.165, 1.54) is 34.9 Å². The number of nitro benzene ring substituents is 1. The van der Waals surface area contributed by atoms with Gasteiger partial charge in [0.2, 0.25) is 5.91 Å². The number of nitrogens with zero attached hydrogens (tertiary/aromatic N) is 4. The van der Waals surface area contributed by atoms with E-state index in [0.717, 1.165) is 29.7 Å². The summed E-state index contributed by atoms with van der Waals surface area (Å²) < 4.78 is 40.9. The van der Waals surface area contributed by atoms with Crippen molar-refractivity contribution in [3.05, 3.63) is 80.3 Å². The molecule has 1 aromatic heterocycles. The standard InChI is InChI=1S/C21H18F3N5O4/c22-21(23,24)15-5-1-3-13(9-15)11-25-18(30)12-27-20(31)28(16-7-8-16)19(26-27)14-4-2-6-17(10-14)29(32)33/h1-6,9-10,16H,7-8,11-12H2,(H,25,30). The SMILES string of the molecule is O=C(Cn1nc(-c2cccc([N+](=O)[O-])c2)n(C2CC2)c1=O)NCc1cccc(C(F)(F)F)c1. The van der Waals surface area contributed by atoms with E-state index in [1.807, 2.05) is 0 Å². The number of nitro groups is 1. The first-order valence-electron chi connectivity index (χ1n) is 10.0. The summed E-state index contributed by atoms with van der Waals surface area (Å²) in [4.78, 5) is 35.8. The molecule has 0 saturated heterocycles. The van der Waals surface area contributed by atoms with E-state index >= 15 is 0 Å². The van der Waals surface area contributed by atoms with E-state index < -0.39 is 34.8 Å². The summed E-state index contributed by atoms with van der Waals surface area (Å²) in [5.41, 5.74) is -0.887. The molecular weight excluding hydrogens is 443 g/mol. The van der Waals surface area contributed by atoms with Crippen molar-refractivity contribution >= 4 is 11.6 Å². The molecule has 4 rings (SSSR count). The number of carbonyl (C=O) groups is 1. The second-order valence-electron chi connectivity index (χ2n) is 7.65. The molecular formula is C21H18F3N5O4. The number of benzene rings is 2. The highest BCUT2D eigenvalue weighted by molar-refractivity contribution is 5.75. The average molecular weight is 461 g/mol. The molecule has 9 nitrogen and oxygen atoms in total. The molecule has 0 atom stereocenters. The Labute approximate surface area is 184 Å². The van der Waals surface area contributed by atoms with Crippen molar-refractivity contribution in [1.82, 2.24) is 19.7 Å². The zero-order valence-electron chi connectivity index (χ0n) is 17.1. The average Bonchev–Trinajstić information content (AvgIpc) is 3.56. The first kappa shape index (κ1) is 22.2. The van der Waals surface area contributed by atoms with Crippen molar-refractivity contribution in [3.8, 4) is 11.4 Å². The number of halogens is 3. The van der Waals surface area contributed by atoms with Crippen molar-refractivity contribution in [2.24, 2.45) is 0 Å². The lowest BCUT2D eigenvalue weighted by molar-refractivity contribution is -0.384. The fourth-order valence-electron chi connectivity index (χ4n) is 3.39. The third-order valence-corrected chi connectivity index (χ3v) is 5.14. The molecule has 2 aromatic carbocycles. The van der Waals surface area contributed by atoms with Crippen molar-refractivity contribution < 1.29 is 22.9 Å². The molecule has 1 aliphatic rings. The normalized spacial score (nSPS) is 13.7. The fourth-order valence-corrected chi connectivity index (χ4v) is 3.39. The van der Waals surface area contributed by atoms with Crippen LogP contribution in [0.15, 0.2) is 53.3 Å². The van der Waals surface area contributed by atoms with Crippen LogP contribution in [-0.2, 0) is 24.1 Å². The first-order chi connectivity index (χ1) is 15.6.